The van der Waals surface area contributed by atoms with Crippen molar-refractivity contribution < 1.29 is 4.79 Å². The van der Waals surface area contributed by atoms with Crippen LogP contribution in [0.2, 0.25) is 0 Å². The van der Waals surface area contributed by atoms with Crippen LogP contribution in [-0.4, -0.2) is 22.4 Å². The summed E-state index contributed by atoms with van der Waals surface area (Å²) < 4.78 is 0. The van der Waals surface area contributed by atoms with E-state index in [2.05, 4.69) is 15.3 Å². The van der Waals surface area contributed by atoms with Gasteiger partial charge in [0.05, 0.1) is 12.5 Å². The van der Waals surface area contributed by atoms with Gasteiger partial charge in [-0.2, -0.15) is 5.26 Å². The number of rotatable bonds is 4. The zero-order chi connectivity index (χ0) is 14.4. The SMILES string of the molecule is N#CCCNC(=O)c1ccc(-c2ccncc2)[nH]c1=O. The van der Waals surface area contributed by atoms with Gasteiger partial charge in [0, 0.05) is 30.2 Å². The van der Waals surface area contributed by atoms with Gasteiger partial charge < -0.3 is 10.3 Å². The molecule has 0 aliphatic carbocycles. The van der Waals surface area contributed by atoms with Crippen molar-refractivity contribution in [3.05, 3.63) is 52.6 Å². The number of carbonyl (C=O) groups is 1. The predicted octanol–water partition coefficient (Wildman–Crippen LogP) is 1.08. The minimum absolute atomic E-state index is 0.0285. The summed E-state index contributed by atoms with van der Waals surface area (Å²) in [5, 5.41) is 10.9. The second-order valence-electron chi connectivity index (χ2n) is 4.01. The smallest absolute Gasteiger partial charge is 0.261 e. The highest BCUT2D eigenvalue weighted by molar-refractivity contribution is 5.94. The van der Waals surface area contributed by atoms with Crippen LogP contribution in [0.4, 0.5) is 0 Å². The zero-order valence-electron chi connectivity index (χ0n) is 10.6. The summed E-state index contributed by atoms with van der Waals surface area (Å²) in [5.41, 5.74) is 0.994. The van der Waals surface area contributed by atoms with Gasteiger partial charge in [-0.3, -0.25) is 14.6 Å². The maximum atomic E-state index is 11.9. The Hall–Kier alpha value is -2.94. The molecule has 0 aliphatic rings. The molecule has 0 aromatic carbocycles. The van der Waals surface area contributed by atoms with Crippen molar-refractivity contribution in [2.75, 3.05) is 6.54 Å². The van der Waals surface area contributed by atoms with Gasteiger partial charge in [0.1, 0.15) is 5.56 Å². The number of hydrogen-bond donors (Lipinski definition) is 2. The molecule has 0 unspecified atom stereocenters. The van der Waals surface area contributed by atoms with Gasteiger partial charge in [0.25, 0.3) is 11.5 Å². The first-order valence-corrected chi connectivity index (χ1v) is 6.01. The van der Waals surface area contributed by atoms with E-state index in [4.69, 9.17) is 5.26 Å². The molecule has 0 fully saturated rings. The average molecular weight is 268 g/mol. The summed E-state index contributed by atoms with van der Waals surface area (Å²) in [6.07, 6.45) is 3.45. The Bertz CT molecular complexity index is 701. The molecule has 0 saturated heterocycles. The number of pyridine rings is 2. The second-order valence-corrected chi connectivity index (χ2v) is 4.01. The van der Waals surface area contributed by atoms with Gasteiger partial charge in [-0.1, -0.05) is 0 Å². The number of amides is 1. The fourth-order valence-electron chi connectivity index (χ4n) is 1.68. The Kier molecular flexibility index (Phi) is 4.24. The molecule has 1 amide bonds. The minimum Gasteiger partial charge on any atom is -0.351 e. The second kappa shape index (κ2) is 6.29. The van der Waals surface area contributed by atoms with E-state index >= 15 is 0 Å². The van der Waals surface area contributed by atoms with Crippen molar-refractivity contribution in [3.8, 4) is 17.3 Å². The molecule has 6 heteroatoms. The number of nitriles is 1. The van der Waals surface area contributed by atoms with Gasteiger partial charge in [-0.25, -0.2) is 0 Å². The van der Waals surface area contributed by atoms with E-state index in [1.54, 1.807) is 30.6 Å². The number of H-pyrrole nitrogens is 1. The van der Waals surface area contributed by atoms with Crippen LogP contribution in [-0.2, 0) is 0 Å². The molecule has 0 bridgehead atoms. The molecule has 2 aromatic heterocycles. The van der Waals surface area contributed by atoms with Crippen molar-refractivity contribution in [2.24, 2.45) is 0 Å². The molecular formula is C14H12N4O2. The summed E-state index contributed by atoms with van der Waals surface area (Å²) in [7, 11) is 0. The fourth-order valence-corrected chi connectivity index (χ4v) is 1.68. The van der Waals surface area contributed by atoms with Gasteiger partial charge in [-0.05, 0) is 24.3 Å². The highest BCUT2D eigenvalue weighted by Gasteiger charge is 2.10. The summed E-state index contributed by atoms with van der Waals surface area (Å²) in [6, 6.07) is 8.57. The number of nitrogens with zero attached hydrogens (tertiary/aromatic N) is 2. The van der Waals surface area contributed by atoms with Crippen LogP contribution in [0.5, 0.6) is 0 Å². The van der Waals surface area contributed by atoms with E-state index in [1.165, 1.54) is 6.07 Å². The van der Waals surface area contributed by atoms with E-state index in [1.807, 2.05) is 6.07 Å². The number of aromatic amines is 1. The molecule has 0 aliphatic heterocycles. The molecular weight excluding hydrogens is 256 g/mol. The van der Waals surface area contributed by atoms with E-state index in [9.17, 15) is 9.59 Å². The third-order valence-electron chi connectivity index (χ3n) is 2.67. The van der Waals surface area contributed by atoms with Crippen LogP contribution < -0.4 is 10.9 Å². The first-order chi connectivity index (χ1) is 9.72. The van der Waals surface area contributed by atoms with Gasteiger partial charge in [-0.15, -0.1) is 0 Å². The summed E-state index contributed by atoms with van der Waals surface area (Å²) >= 11 is 0. The van der Waals surface area contributed by atoms with Gasteiger partial charge in [0.2, 0.25) is 0 Å². The van der Waals surface area contributed by atoms with E-state index in [-0.39, 0.29) is 18.5 Å². The fraction of sp³-hybridized carbons (Fsp3) is 0.143. The first-order valence-electron chi connectivity index (χ1n) is 6.01. The summed E-state index contributed by atoms with van der Waals surface area (Å²) in [6.45, 7) is 0.223. The third-order valence-corrected chi connectivity index (χ3v) is 2.67. The Balaban J connectivity index is 2.21. The van der Waals surface area contributed by atoms with Crippen molar-refractivity contribution in [1.29, 1.82) is 5.26 Å². The quantitative estimate of drug-likeness (QED) is 0.810. The van der Waals surface area contributed by atoms with Crippen LogP contribution in [0.15, 0.2) is 41.5 Å². The molecule has 2 N–H and O–H groups in total. The van der Waals surface area contributed by atoms with Crippen LogP contribution in [0.3, 0.4) is 0 Å². The molecule has 0 spiro atoms. The van der Waals surface area contributed by atoms with Crippen molar-refractivity contribution >= 4 is 5.91 Å². The standard InChI is InChI=1S/C14H12N4O2/c15-6-1-7-17-13(19)11-2-3-12(18-14(11)20)10-4-8-16-9-5-10/h2-5,8-9H,1,7H2,(H,17,19)(H,18,20). The molecule has 0 atom stereocenters. The molecule has 2 aromatic rings. The monoisotopic (exact) mass is 268 g/mol. The molecule has 6 nitrogen and oxygen atoms in total. The third kappa shape index (κ3) is 3.09. The van der Waals surface area contributed by atoms with E-state index in [0.717, 1.165) is 5.56 Å². The summed E-state index contributed by atoms with van der Waals surface area (Å²) in [5.74, 6) is -0.484. The summed E-state index contributed by atoms with van der Waals surface area (Å²) in [4.78, 5) is 30.2. The minimum atomic E-state index is -0.484. The number of aromatic nitrogens is 2. The normalized spacial score (nSPS) is 9.75. The molecule has 2 rings (SSSR count). The lowest BCUT2D eigenvalue weighted by Crippen LogP contribution is -2.30. The van der Waals surface area contributed by atoms with Crippen molar-refractivity contribution in [3.63, 3.8) is 0 Å². The van der Waals surface area contributed by atoms with Gasteiger partial charge >= 0.3 is 0 Å². The number of hydrogen-bond acceptors (Lipinski definition) is 4. The van der Waals surface area contributed by atoms with E-state index < -0.39 is 11.5 Å². The zero-order valence-corrected chi connectivity index (χ0v) is 10.6. The highest BCUT2D eigenvalue weighted by Crippen LogP contribution is 2.13. The molecule has 2 heterocycles. The van der Waals surface area contributed by atoms with Crippen LogP contribution in [0.1, 0.15) is 16.8 Å². The highest BCUT2D eigenvalue weighted by atomic mass is 16.2. The Morgan fingerprint density at radius 1 is 1.30 bits per heavy atom. The van der Waals surface area contributed by atoms with Gasteiger partial charge in [0.15, 0.2) is 0 Å². The van der Waals surface area contributed by atoms with Crippen LogP contribution in [0, 0.1) is 11.3 Å². The maximum Gasteiger partial charge on any atom is 0.261 e. The topological polar surface area (TPSA) is 98.6 Å². The Morgan fingerprint density at radius 3 is 2.70 bits per heavy atom. The Morgan fingerprint density at radius 2 is 2.05 bits per heavy atom. The van der Waals surface area contributed by atoms with Crippen LogP contribution in [0.25, 0.3) is 11.3 Å². The maximum absolute atomic E-state index is 11.9. The lowest BCUT2D eigenvalue weighted by molar-refractivity contribution is 0.0953. The lowest BCUT2D eigenvalue weighted by Gasteiger charge is -2.04. The Labute approximate surface area is 115 Å². The van der Waals surface area contributed by atoms with Crippen molar-refractivity contribution in [1.82, 2.24) is 15.3 Å². The lowest BCUT2D eigenvalue weighted by atomic mass is 10.1. The molecule has 100 valence electrons. The first kappa shape index (κ1) is 13.5. The number of nitrogens with one attached hydrogen (secondary N) is 2. The molecule has 0 radical (unpaired) electrons. The van der Waals surface area contributed by atoms with E-state index in [0.29, 0.717) is 5.69 Å². The number of carbonyl (C=O) groups excluding carboxylic acids is 1. The largest absolute Gasteiger partial charge is 0.351 e. The molecule has 20 heavy (non-hydrogen) atoms. The molecule has 0 saturated carbocycles. The predicted molar refractivity (Wildman–Crippen MR) is 72.9 cm³/mol. The average Bonchev–Trinajstić information content (AvgIpc) is 2.48. The van der Waals surface area contributed by atoms with Crippen LogP contribution >= 0.6 is 0 Å². The van der Waals surface area contributed by atoms with Crippen molar-refractivity contribution in [2.45, 2.75) is 6.42 Å².